The van der Waals surface area contributed by atoms with Gasteiger partial charge in [-0.3, -0.25) is 18.6 Å². The van der Waals surface area contributed by atoms with Crippen molar-refractivity contribution in [2.45, 2.75) is 122 Å². The smallest absolute Gasteiger partial charge is 0.462 e. The molecule has 0 aromatic carbocycles. The summed E-state index contributed by atoms with van der Waals surface area (Å²) >= 11 is 0. The molecule has 3 atom stereocenters. The monoisotopic (exact) mass is 696 g/mol. The average Bonchev–Trinajstić information content (AvgIpc) is 3.07. The molecule has 0 aromatic rings. The van der Waals surface area contributed by atoms with Crippen LogP contribution in [0.15, 0.2) is 72.9 Å². The molecule has 0 saturated heterocycles. The van der Waals surface area contributed by atoms with E-state index >= 15 is 0 Å². The van der Waals surface area contributed by atoms with Crippen LogP contribution in [0.5, 0.6) is 0 Å². The number of hydrogen-bond donors (Lipinski definition) is 3. The quantitative estimate of drug-likeness (QED) is 0.0213. The van der Waals surface area contributed by atoms with Gasteiger partial charge in [-0.2, -0.15) is 0 Å². The summed E-state index contributed by atoms with van der Waals surface area (Å²) in [6.07, 6.45) is 34.6. The number of rotatable bonds is 31. The van der Waals surface area contributed by atoms with Gasteiger partial charge in [0.15, 0.2) is 6.10 Å². The van der Waals surface area contributed by atoms with Crippen molar-refractivity contribution in [2.75, 3.05) is 26.4 Å². The lowest BCUT2D eigenvalue weighted by molar-refractivity contribution is -0.161. The molecule has 11 heteroatoms. The Morgan fingerprint density at radius 3 is 1.83 bits per heavy atom. The molecule has 0 rings (SSSR count). The van der Waals surface area contributed by atoms with Crippen LogP contribution in [-0.4, -0.2) is 65.7 Å². The fourth-order valence-corrected chi connectivity index (χ4v) is 4.80. The van der Waals surface area contributed by atoms with E-state index in [4.69, 9.17) is 19.1 Å². The lowest BCUT2D eigenvalue weighted by Gasteiger charge is -2.20. The summed E-state index contributed by atoms with van der Waals surface area (Å²) in [4.78, 5) is 34.7. The zero-order chi connectivity index (χ0) is 35.6. The van der Waals surface area contributed by atoms with E-state index in [2.05, 4.69) is 36.6 Å². The van der Waals surface area contributed by atoms with Gasteiger partial charge in [-0.15, -0.1) is 0 Å². The van der Waals surface area contributed by atoms with Crippen molar-refractivity contribution in [3.8, 4) is 0 Å². The molecule has 0 aliphatic rings. The highest BCUT2D eigenvalue weighted by molar-refractivity contribution is 7.47. The van der Waals surface area contributed by atoms with Crippen molar-refractivity contribution in [2.24, 2.45) is 0 Å². The van der Waals surface area contributed by atoms with Gasteiger partial charge in [-0.25, -0.2) is 4.57 Å². The zero-order valence-electron chi connectivity index (χ0n) is 29.2. The van der Waals surface area contributed by atoms with Gasteiger partial charge >= 0.3 is 19.8 Å². The van der Waals surface area contributed by atoms with E-state index in [0.29, 0.717) is 19.3 Å². The Bertz CT molecular complexity index is 1030. The van der Waals surface area contributed by atoms with Gasteiger partial charge in [0.2, 0.25) is 0 Å². The largest absolute Gasteiger partial charge is 0.472 e. The number of unbranched alkanes of at least 4 members (excludes halogenated alkanes) is 9. The molecular formula is C37H61O10P. The second-order valence-electron chi connectivity index (χ2n) is 11.3. The van der Waals surface area contributed by atoms with Gasteiger partial charge in [0.05, 0.1) is 19.8 Å². The van der Waals surface area contributed by atoms with E-state index in [1.165, 1.54) is 19.3 Å². The van der Waals surface area contributed by atoms with Crippen LogP contribution in [0.1, 0.15) is 110 Å². The Kier molecular flexibility index (Phi) is 31.2. The molecule has 0 aromatic heterocycles. The molecule has 0 fully saturated rings. The maximum atomic E-state index is 12.5. The highest BCUT2D eigenvalue weighted by Gasteiger charge is 2.27. The van der Waals surface area contributed by atoms with Crippen LogP contribution >= 0.6 is 7.82 Å². The van der Waals surface area contributed by atoms with E-state index in [1.54, 1.807) is 0 Å². The third kappa shape index (κ3) is 32.0. The number of phosphoric ester groups is 1. The predicted molar refractivity (Wildman–Crippen MR) is 191 cm³/mol. The Balaban J connectivity index is 4.59. The van der Waals surface area contributed by atoms with Crippen LogP contribution in [0.3, 0.4) is 0 Å². The zero-order valence-corrected chi connectivity index (χ0v) is 30.1. The maximum Gasteiger partial charge on any atom is 0.472 e. The maximum absolute atomic E-state index is 12.5. The van der Waals surface area contributed by atoms with Crippen LogP contribution < -0.4 is 0 Å². The summed E-state index contributed by atoms with van der Waals surface area (Å²) in [7, 11) is -4.63. The summed E-state index contributed by atoms with van der Waals surface area (Å²) in [5.41, 5.74) is 0. The molecule has 274 valence electrons. The van der Waals surface area contributed by atoms with Gasteiger partial charge in [0.1, 0.15) is 12.7 Å². The average molecular weight is 697 g/mol. The standard InChI is InChI=1S/C37H61O10P/c1-3-5-7-9-11-13-15-17-19-21-23-25-27-29-37(41)47-35(33-46-48(42,43)45-31-34(39)30-38)32-44-36(40)28-26-24-22-20-18-16-14-12-10-8-6-4-2/h5,7,9,11-15,17,19,21,23,34-35,38-39H,3-4,6,8,10,16,18,20,22,24-33H2,1-2H3,(H,42,43)/b7-5+,11-9+,14-12+,15-13+,19-17+,23-21+/t34-,35?/m0/s1. The Hall–Kier alpha value is -2.59. The normalized spacial score (nSPS) is 15.0. The molecule has 0 saturated carbocycles. The van der Waals surface area contributed by atoms with Crippen LogP contribution in [0.2, 0.25) is 0 Å². The number of carbonyl (C=O) groups excluding carboxylic acids is 2. The lowest BCUT2D eigenvalue weighted by Crippen LogP contribution is -2.29. The van der Waals surface area contributed by atoms with Crippen molar-refractivity contribution in [1.82, 2.24) is 0 Å². The van der Waals surface area contributed by atoms with Crippen LogP contribution in [0.25, 0.3) is 0 Å². The first kappa shape index (κ1) is 45.4. The third-order valence-electron chi connectivity index (χ3n) is 6.72. The molecule has 0 radical (unpaired) electrons. The second kappa shape index (κ2) is 32.9. The highest BCUT2D eigenvalue weighted by atomic mass is 31.2. The first-order valence-electron chi connectivity index (χ1n) is 17.5. The first-order valence-corrected chi connectivity index (χ1v) is 19.0. The molecule has 2 unspecified atom stereocenters. The molecule has 0 heterocycles. The van der Waals surface area contributed by atoms with Gasteiger partial charge in [-0.05, 0) is 51.4 Å². The van der Waals surface area contributed by atoms with Crippen molar-refractivity contribution in [3.05, 3.63) is 72.9 Å². The number of allylic oxidation sites excluding steroid dienone is 12. The number of carbonyl (C=O) groups is 2. The van der Waals surface area contributed by atoms with Crippen molar-refractivity contribution >= 4 is 19.8 Å². The number of aliphatic hydroxyl groups excluding tert-OH is 2. The summed E-state index contributed by atoms with van der Waals surface area (Å²) in [5, 5.41) is 18.2. The molecule has 10 nitrogen and oxygen atoms in total. The molecular weight excluding hydrogens is 635 g/mol. The predicted octanol–water partition coefficient (Wildman–Crippen LogP) is 8.16. The minimum atomic E-state index is -4.63. The van der Waals surface area contributed by atoms with Gasteiger partial charge < -0.3 is 24.6 Å². The number of aliphatic hydroxyl groups is 2. The molecule has 0 amide bonds. The summed E-state index contributed by atoms with van der Waals surface area (Å²) in [5.74, 6) is -1.03. The Morgan fingerprint density at radius 2 is 1.19 bits per heavy atom. The Morgan fingerprint density at radius 1 is 0.646 bits per heavy atom. The minimum absolute atomic E-state index is 0.0824. The third-order valence-corrected chi connectivity index (χ3v) is 7.67. The highest BCUT2D eigenvalue weighted by Crippen LogP contribution is 2.43. The van der Waals surface area contributed by atoms with E-state index in [1.807, 2.05) is 54.7 Å². The number of hydrogen-bond acceptors (Lipinski definition) is 9. The van der Waals surface area contributed by atoms with Gasteiger partial charge in [-0.1, -0.05) is 119 Å². The lowest BCUT2D eigenvalue weighted by atomic mass is 10.1. The minimum Gasteiger partial charge on any atom is -0.462 e. The van der Waals surface area contributed by atoms with Crippen molar-refractivity contribution in [3.63, 3.8) is 0 Å². The molecule has 0 aliphatic heterocycles. The number of esters is 2. The Labute approximate surface area is 288 Å². The van der Waals surface area contributed by atoms with Gasteiger partial charge in [0.25, 0.3) is 0 Å². The molecule has 48 heavy (non-hydrogen) atoms. The van der Waals surface area contributed by atoms with Crippen LogP contribution in [0.4, 0.5) is 0 Å². The van der Waals surface area contributed by atoms with Crippen molar-refractivity contribution < 1.29 is 47.8 Å². The van der Waals surface area contributed by atoms with Gasteiger partial charge in [0, 0.05) is 12.8 Å². The molecule has 0 spiro atoms. The number of phosphoric acid groups is 1. The summed E-state index contributed by atoms with van der Waals surface area (Å²) in [6, 6.07) is 0. The number of ether oxygens (including phenoxy) is 2. The van der Waals surface area contributed by atoms with E-state index in [-0.39, 0.29) is 19.4 Å². The summed E-state index contributed by atoms with van der Waals surface area (Å²) in [6.45, 7) is 2.06. The second-order valence-corrected chi connectivity index (χ2v) is 12.7. The molecule has 0 aliphatic carbocycles. The first-order chi connectivity index (χ1) is 23.2. The van der Waals surface area contributed by atoms with E-state index in [0.717, 1.165) is 44.9 Å². The fourth-order valence-electron chi connectivity index (χ4n) is 4.01. The van der Waals surface area contributed by atoms with E-state index < -0.39 is 51.8 Å². The summed E-state index contributed by atoms with van der Waals surface area (Å²) < 4.78 is 32.4. The SMILES string of the molecule is CC/C=C/C=C/C=C/C=C/C=C/CCCC(=O)OC(COC(=O)CCCCCCC/C=C/CCCCC)COP(=O)(O)OC[C@@H](O)CO. The van der Waals surface area contributed by atoms with E-state index in [9.17, 15) is 24.2 Å². The molecule has 3 N–H and O–H groups in total. The topological polar surface area (TPSA) is 149 Å². The van der Waals surface area contributed by atoms with Crippen LogP contribution in [-0.2, 0) is 32.7 Å². The fraction of sp³-hybridized carbons (Fsp3) is 0.622. The van der Waals surface area contributed by atoms with Crippen molar-refractivity contribution in [1.29, 1.82) is 0 Å². The molecule has 0 bridgehead atoms. The van der Waals surface area contributed by atoms with Crippen LogP contribution in [0, 0.1) is 0 Å².